The summed E-state index contributed by atoms with van der Waals surface area (Å²) in [6, 6.07) is 11.5. The van der Waals surface area contributed by atoms with Gasteiger partial charge in [-0.3, -0.25) is 9.52 Å². The summed E-state index contributed by atoms with van der Waals surface area (Å²) in [4.78, 5) is 19.1. The molecule has 0 unspecified atom stereocenters. The predicted octanol–water partition coefficient (Wildman–Crippen LogP) is 4.15. The van der Waals surface area contributed by atoms with Crippen LogP contribution < -0.4 is 10.0 Å². The van der Waals surface area contributed by atoms with Crippen LogP contribution in [0, 0.1) is 5.92 Å². The Morgan fingerprint density at radius 1 is 1.18 bits per heavy atom. The molecule has 3 N–H and O–H groups in total. The number of rotatable bonds is 7. The summed E-state index contributed by atoms with van der Waals surface area (Å²) in [6.45, 7) is 5.18. The quantitative estimate of drug-likeness (QED) is 0.448. The Morgan fingerprint density at radius 3 is 2.47 bits per heavy atom. The molecule has 8 nitrogen and oxygen atoms in total. The molecule has 1 aromatic heterocycles. The summed E-state index contributed by atoms with van der Waals surface area (Å²) in [5.41, 5.74) is 0.556. The summed E-state index contributed by atoms with van der Waals surface area (Å²) < 4.78 is 29.5. The number of amides is 1. The fourth-order valence-corrected chi connectivity index (χ4v) is 6.55. The van der Waals surface area contributed by atoms with E-state index in [1.54, 1.807) is 42.3 Å². The van der Waals surface area contributed by atoms with E-state index >= 15 is 0 Å². The van der Waals surface area contributed by atoms with Gasteiger partial charge < -0.3 is 15.3 Å². The molecule has 34 heavy (non-hydrogen) atoms. The second-order valence-electron chi connectivity index (χ2n) is 9.17. The lowest BCUT2D eigenvalue weighted by Gasteiger charge is -2.39. The van der Waals surface area contributed by atoms with E-state index in [1.165, 1.54) is 17.4 Å². The first-order valence-electron chi connectivity index (χ1n) is 11.3. The Labute approximate surface area is 204 Å². The number of aromatic nitrogens is 1. The molecule has 0 radical (unpaired) electrons. The third kappa shape index (κ3) is 5.18. The third-order valence-corrected chi connectivity index (χ3v) is 8.49. The SMILES string of the molecule is CNc1nc2c(S(=O)(=O)Nc3ccc(C(=O)N4CCC(O)(CC(C)C)CC4)cc3)cccc2s1. The van der Waals surface area contributed by atoms with E-state index in [2.05, 4.69) is 28.9 Å². The first-order chi connectivity index (χ1) is 16.1. The number of benzene rings is 2. The van der Waals surface area contributed by atoms with Crippen molar-refractivity contribution in [1.29, 1.82) is 0 Å². The van der Waals surface area contributed by atoms with Gasteiger partial charge in [-0.2, -0.15) is 0 Å². The number of para-hydroxylation sites is 1. The number of aliphatic hydroxyl groups is 1. The van der Waals surface area contributed by atoms with Gasteiger partial charge in [-0.25, -0.2) is 13.4 Å². The van der Waals surface area contributed by atoms with Gasteiger partial charge >= 0.3 is 0 Å². The highest BCUT2D eigenvalue weighted by Crippen LogP contribution is 2.32. The molecule has 0 aliphatic carbocycles. The number of sulfonamides is 1. The van der Waals surface area contributed by atoms with E-state index in [1.807, 2.05) is 6.07 Å². The zero-order valence-corrected chi connectivity index (χ0v) is 21.2. The van der Waals surface area contributed by atoms with Gasteiger partial charge in [0.15, 0.2) is 5.13 Å². The summed E-state index contributed by atoms with van der Waals surface area (Å²) in [5, 5.41) is 14.3. The molecule has 1 fully saturated rings. The van der Waals surface area contributed by atoms with E-state index in [0.717, 1.165) is 11.1 Å². The lowest BCUT2D eigenvalue weighted by Crippen LogP contribution is -2.47. The molecule has 2 aromatic carbocycles. The minimum Gasteiger partial charge on any atom is -0.390 e. The zero-order valence-electron chi connectivity index (χ0n) is 19.5. The molecule has 0 bridgehead atoms. The van der Waals surface area contributed by atoms with Gasteiger partial charge in [0, 0.05) is 31.4 Å². The van der Waals surface area contributed by atoms with Crippen LogP contribution in [0.3, 0.4) is 0 Å². The molecule has 1 aliphatic rings. The maximum Gasteiger partial charge on any atom is 0.264 e. The largest absolute Gasteiger partial charge is 0.390 e. The molecular weight excluding hydrogens is 472 g/mol. The van der Waals surface area contributed by atoms with Crippen molar-refractivity contribution in [3.63, 3.8) is 0 Å². The number of hydrogen-bond donors (Lipinski definition) is 3. The number of anilines is 2. The Bertz CT molecular complexity index is 1280. The molecule has 1 amide bonds. The normalized spacial score (nSPS) is 16.1. The van der Waals surface area contributed by atoms with E-state index in [4.69, 9.17) is 0 Å². The van der Waals surface area contributed by atoms with E-state index in [9.17, 15) is 18.3 Å². The van der Waals surface area contributed by atoms with Crippen molar-refractivity contribution in [2.75, 3.05) is 30.2 Å². The van der Waals surface area contributed by atoms with Gasteiger partial charge in [-0.15, -0.1) is 0 Å². The molecule has 0 saturated carbocycles. The van der Waals surface area contributed by atoms with Crippen LogP contribution in [-0.4, -0.2) is 55.1 Å². The summed E-state index contributed by atoms with van der Waals surface area (Å²) in [7, 11) is -2.13. The van der Waals surface area contributed by atoms with Crippen LogP contribution in [0.25, 0.3) is 10.2 Å². The number of likely N-dealkylation sites (tertiary alicyclic amines) is 1. The highest BCUT2D eigenvalue weighted by molar-refractivity contribution is 7.93. The summed E-state index contributed by atoms with van der Waals surface area (Å²) >= 11 is 1.38. The van der Waals surface area contributed by atoms with E-state index < -0.39 is 15.6 Å². The maximum absolute atomic E-state index is 13.1. The number of nitrogens with one attached hydrogen (secondary N) is 2. The van der Waals surface area contributed by atoms with Gasteiger partial charge in [0.25, 0.3) is 15.9 Å². The number of nitrogens with zero attached hydrogens (tertiary/aromatic N) is 2. The van der Waals surface area contributed by atoms with Crippen molar-refractivity contribution in [2.24, 2.45) is 5.92 Å². The average Bonchev–Trinajstić information content (AvgIpc) is 3.22. The number of hydrogen-bond acceptors (Lipinski definition) is 7. The van der Waals surface area contributed by atoms with Crippen molar-refractivity contribution in [3.05, 3.63) is 48.0 Å². The van der Waals surface area contributed by atoms with Crippen LogP contribution in [0.1, 0.15) is 43.5 Å². The second kappa shape index (κ2) is 9.52. The highest BCUT2D eigenvalue weighted by Gasteiger charge is 2.34. The molecule has 0 atom stereocenters. The predicted molar refractivity (Wildman–Crippen MR) is 136 cm³/mol. The molecule has 10 heteroatoms. The Balaban J connectivity index is 1.45. The Hall–Kier alpha value is -2.69. The second-order valence-corrected chi connectivity index (χ2v) is 11.9. The van der Waals surface area contributed by atoms with Crippen LogP contribution >= 0.6 is 11.3 Å². The molecule has 4 rings (SSSR count). The summed E-state index contributed by atoms with van der Waals surface area (Å²) in [6.07, 6.45) is 1.85. The number of piperidine rings is 1. The summed E-state index contributed by atoms with van der Waals surface area (Å²) in [5.74, 6) is 0.282. The molecule has 182 valence electrons. The van der Waals surface area contributed by atoms with Crippen molar-refractivity contribution in [1.82, 2.24) is 9.88 Å². The molecule has 3 aromatic rings. The van der Waals surface area contributed by atoms with Crippen molar-refractivity contribution in [2.45, 2.75) is 43.6 Å². The fraction of sp³-hybridized carbons (Fsp3) is 0.417. The van der Waals surface area contributed by atoms with E-state index in [0.29, 0.717) is 53.7 Å². The van der Waals surface area contributed by atoms with Crippen molar-refractivity contribution >= 4 is 48.3 Å². The van der Waals surface area contributed by atoms with Crippen LogP contribution in [0.5, 0.6) is 0 Å². The Morgan fingerprint density at radius 2 is 1.85 bits per heavy atom. The van der Waals surface area contributed by atoms with Crippen molar-refractivity contribution < 1.29 is 18.3 Å². The molecule has 1 saturated heterocycles. The van der Waals surface area contributed by atoms with Gasteiger partial charge in [-0.05, 0) is 61.6 Å². The lowest BCUT2D eigenvalue weighted by molar-refractivity contribution is -0.0311. The van der Waals surface area contributed by atoms with Crippen LogP contribution in [0.2, 0.25) is 0 Å². The monoisotopic (exact) mass is 502 g/mol. The fourth-order valence-electron chi connectivity index (χ4n) is 4.41. The van der Waals surface area contributed by atoms with Gasteiger partial charge in [0.1, 0.15) is 10.4 Å². The third-order valence-electron chi connectivity index (χ3n) is 6.04. The standard InChI is InChI=1S/C24H30N4O4S2/c1-16(2)15-24(30)11-13-28(14-12-24)22(29)17-7-9-18(10-8-17)27-34(31,32)20-6-4-5-19-21(20)26-23(25-3)33-19/h4-10,16,27,30H,11-15H2,1-3H3,(H,25,26). The van der Waals surface area contributed by atoms with Gasteiger partial charge in [0.05, 0.1) is 10.3 Å². The minimum absolute atomic E-state index is 0.102. The van der Waals surface area contributed by atoms with Crippen LogP contribution in [-0.2, 0) is 10.0 Å². The number of fused-ring (bicyclic) bond motifs is 1. The molecule has 1 aliphatic heterocycles. The Kier molecular flexibility index (Phi) is 6.84. The van der Waals surface area contributed by atoms with Crippen LogP contribution in [0.15, 0.2) is 47.4 Å². The zero-order chi connectivity index (χ0) is 24.5. The molecule has 2 heterocycles. The highest BCUT2D eigenvalue weighted by atomic mass is 32.2. The topological polar surface area (TPSA) is 112 Å². The number of carbonyl (C=O) groups excluding carboxylic acids is 1. The molecular formula is C24H30N4O4S2. The molecule has 0 spiro atoms. The van der Waals surface area contributed by atoms with E-state index in [-0.39, 0.29) is 10.8 Å². The number of thiazole rings is 1. The minimum atomic E-state index is -3.87. The van der Waals surface area contributed by atoms with Gasteiger partial charge in [0.2, 0.25) is 0 Å². The smallest absolute Gasteiger partial charge is 0.264 e. The first-order valence-corrected chi connectivity index (χ1v) is 13.6. The average molecular weight is 503 g/mol. The maximum atomic E-state index is 13.1. The first kappa shape index (κ1) is 24.4. The van der Waals surface area contributed by atoms with Crippen LogP contribution in [0.4, 0.5) is 10.8 Å². The van der Waals surface area contributed by atoms with Gasteiger partial charge in [-0.1, -0.05) is 31.3 Å². The van der Waals surface area contributed by atoms with Crippen molar-refractivity contribution in [3.8, 4) is 0 Å². The number of carbonyl (C=O) groups is 1. The lowest BCUT2D eigenvalue weighted by atomic mass is 9.84.